The number of hydrogen-bond acceptors (Lipinski definition) is 5. The lowest BCUT2D eigenvalue weighted by Gasteiger charge is -2.22. The van der Waals surface area contributed by atoms with Crippen molar-refractivity contribution >= 4 is 11.7 Å². The van der Waals surface area contributed by atoms with Crippen LogP contribution in [0, 0.1) is 0 Å². The molecule has 6 heteroatoms. The maximum absolute atomic E-state index is 12.9. The lowest BCUT2D eigenvalue weighted by atomic mass is 10.0. The molecule has 33 heavy (non-hydrogen) atoms. The molecule has 1 saturated heterocycles. The first kappa shape index (κ1) is 27.3. The Morgan fingerprint density at radius 1 is 0.939 bits per heavy atom. The quantitative estimate of drug-likeness (QED) is 0.136. The minimum Gasteiger partial charge on any atom is -0.459 e. The Hall–Kier alpha value is -1.95. The molecule has 1 atom stereocenters. The smallest absolute Gasteiger partial charge is 0.338 e. The van der Waals surface area contributed by atoms with Crippen LogP contribution in [-0.2, 0) is 9.47 Å². The zero-order chi connectivity index (χ0) is 23.6. The molecule has 0 amide bonds. The summed E-state index contributed by atoms with van der Waals surface area (Å²) in [6, 6.07) is 7.28. The van der Waals surface area contributed by atoms with Crippen LogP contribution in [-0.4, -0.2) is 43.4 Å². The van der Waals surface area contributed by atoms with Gasteiger partial charge in [-0.15, -0.1) is 5.11 Å². The molecule has 0 bridgehead atoms. The predicted molar refractivity (Wildman–Crippen MR) is 134 cm³/mol. The van der Waals surface area contributed by atoms with E-state index in [4.69, 9.17) is 9.47 Å². The summed E-state index contributed by atoms with van der Waals surface area (Å²) in [6.07, 6.45) is 15.6. The second-order valence-electron chi connectivity index (χ2n) is 9.09. The SMILES string of the molecule is CCCCCCCCCC(CCCCCC)OC(=O)c1cccc(/N=N/N2CCOCC2)c1. The Labute approximate surface area is 201 Å². The van der Waals surface area contributed by atoms with Gasteiger partial charge in [0.1, 0.15) is 6.10 Å². The van der Waals surface area contributed by atoms with E-state index >= 15 is 0 Å². The molecule has 0 aromatic heterocycles. The topological polar surface area (TPSA) is 63.5 Å². The van der Waals surface area contributed by atoms with Crippen molar-refractivity contribution in [3.8, 4) is 0 Å². The molecule has 0 spiro atoms. The standard InChI is InChI=1S/C27H45N3O3/c1-3-5-7-9-10-11-13-18-26(17-12-8-6-4-2)33-27(31)24-15-14-16-25(23-24)28-29-30-19-21-32-22-20-30/h14-16,23,26H,3-13,17-22H2,1-2H3/b29-28+. The number of morpholine rings is 1. The van der Waals surface area contributed by atoms with Crippen LogP contribution in [0.3, 0.4) is 0 Å². The van der Waals surface area contributed by atoms with Crippen LogP contribution >= 0.6 is 0 Å². The second kappa shape index (κ2) is 17.5. The Balaban J connectivity index is 1.85. The first-order valence-corrected chi connectivity index (χ1v) is 13.3. The third kappa shape index (κ3) is 12.2. The van der Waals surface area contributed by atoms with Crippen molar-refractivity contribution in [2.75, 3.05) is 26.3 Å². The summed E-state index contributed by atoms with van der Waals surface area (Å²) in [5.41, 5.74) is 1.22. The summed E-state index contributed by atoms with van der Waals surface area (Å²) in [6.45, 7) is 7.29. The highest BCUT2D eigenvalue weighted by Gasteiger charge is 2.16. The van der Waals surface area contributed by atoms with Crippen molar-refractivity contribution < 1.29 is 14.3 Å². The highest BCUT2D eigenvalue weighted by Crippen LogP contribution is 2.20. The van der Waals surface area contributed by atoms with E-state index in [-0.39, 0.29) is 12.1 Å². The van der Waals surface area contributed by atoms with Crippen LogP contribution in [0.2, 0.25) is 0 Å². The highest BCUT2D eigenvalue weighted by molar-refractivity contribution is 5.90. The third-order valence-corrected chi connectivity index (χ3v) is 6.14. The second-order valence-corrected chi connectivity index (χ2v) is 9.09. The van der Waals surface area contributed by atoms with Gasteiger partial charge in [-0.05, 0) is 43.9 Å². The fraction of sp³-hybridized carbons (Fsp3) is 0.741. The number of hydrogen-bond donors (Lipinski definition) is 0. The van der Waals surface area contributed by atoms with Crippen molar-refractivity contribution in [2.24, 2.45) is 10.3 Å². The minimum atomic E-state index is -0.248. The van der Waals surface area contributed by atoms with Gasteiger partial charge in [-0.25, -0.2) is 4.79 Å². The van der Waals surface area contributed by atoms with E-state index in [1.165, 1.54) is 57.8 Å². The van der Waals surface area contributed by atoms with Crippen LogP contribution in [0.5, 0.6) is 0 Å². The number of unbranched alkanes of at least 4 members (excludes halogenated alkanes) is 9. The number of nitrogens with zero attached hydrogens (tertiary/aromatic N) is 3. The molecule has 0 radical (unpaired) electrons. The van der Waals surface area contributed by atoms with Crippen molar-refractivity contribution in [2.45, 2.75) is 103 Å². The maximum atomic E-state index is 12.9. The molecule has 1 unspecified atom stereocenters. The molecule has 186 valence electrons. The zero-order valence-electron chi connectivity index (χ0n) is 21.0. The highest BCUT2D eigenvalue weighted by atomic mass is 16.5. The largest absolute Gasteiger partial charge is 0.459 e. The number of rotatable bonds is 17. The summed E-state index contributed by atoms with van der Waals surface area (Å²) in [5, 5.41) is 10.5. The molecule has 1 aromatic rings. The molecule has 1 fully saturated rings. The van der Waals surface area contributed by atoms with E-state index in [0.29, 0.717) is 24.5 Å². The summed E-state index contributed by atoms with van der Waals surface area (Å²) in [5.74, 6) is -0.248. The first-order chi connectivity index (χ1) is 16.2. The van der Waals surface area contributed by atoms with E-state index in [0.717, 1.165) is 38.8 Å². The van der Waals surface area contributed by atoms with Crippen LogP contribution in [0.1, 0.15) is 108 Å². The van der Waals surface area contributed by atoms with Gasteiger partial charge in [-0.2, -0.15) is 0 Å². The first-order valence-electron chi connectivity index (χ1n) is 13.3. The van der Waals surface area contributed by atoms with Gasteiger partial charge < -0.3 is 9.47 Å². The number of ether oxygens (including phenoxy) is 2. The average Bonchev–Trinajstić information content (AvgIpc) is 2.85. The Bertz CT molecular complexity index is 674. The van der Waals surface area contributed by atoms with Gasteiger partial charge in [0.15, 0.2) is 0 Å². The van der Waals surface area contributed by atoms with Crippen LogP contribution < -0.4 is 0 Å². The molecule has 0 N–H and O–H groups in total. The average molecular weight is 460 g/mol. The van der Waals surface area contributed by atoms with Gasteiger partial charge in [0.05, 0.1) is 37.6 Å². The maximum Gasteiger partial charge on any atom is 0.338 e. The Morgan fingerprint density at radius 3 is 2.21 bits per heavy atom. The van der Waals surface area contributed by atoms with Gasteiger partial charge in [0.2, 0.25) is 0 Å². The molecule has 1 aliphatic heterocycles. The molecule has 6 nitrogen and oxygen atoms in total. The minimum absolute atomic E-state index is 0.00336. The monoisotopic (exact) mass is 459 g/mol. The van der Waals surface area contributed by atoms with Gasteiger partial charge in [0.25, 0.3) is 0 Å². The van der Waals surface area contributed by atoms with Crippen molar-refractivity contribution in [1.29, 1.82) is 0 Å². The van der Waals surface area contributed by atoms with Crippen LogP contribution in [0.15, 0.2) is 34.6 Å². The van der Waals surface area contributed by atoms with E-state index in [1.807, 2.05) is 17.1 Å². The fourth-order valence-corrected chi connectivity index (χ4v) is 4.06. The van der Waals surface area contributed by atoms with E-state index in [2.05, 4.69) is 24.2 Å². The van der Waals surface area contributed by atoms with Gasteiger partial charge in [-0.3, -0.25) is 5.01 Å². The molecule has 2 rings (SSSR count). The third-order valence-electron chi connectivity index (χ3n) is 6.14. The molecular weight excluding hydrogens is 414 g/mol. The zero-order valence-corrected chi connectivity index (χ0v) is 21.0. The molecule has 1 aliphatic rings. The van der Waals surface area contributed by atoms with Gasteiger partial charge in [0, 0.05) is 0 Å². The molecule has 1 heterocycles. The van der Waals surface area contributed by atoms with Crippen molar-refractivity contribution in [1.82, 2.24) is 5.01 Å². The summed E-state index contributed by atoms with van der Waals surface area (Å²) < 4.78 is 11.3. The lowest BCUT2D eigenvalue weighted by molar-refractivity contribution is 0.0249. The van der Waals surface area contributed by atoms with E-state index < -0.39 is 0 Å². The van der Waals surface area contributed by atoms with Crippen LogP contribution in [0.4, 0.5) is 5.69 Å². The van der Waals surface area contributed by atoms with Crippen molar-refractivity contribution in [3.05, 3.63) is 29.8 Å². The predicted octanol–water partition coefficient (Wildman–Crippen LogP) is 7.65. The summed E-state index contributed by atoms with van der Waals surface area (Å²) >= 11 is 0. The van der Waals surface area contributed by atoms with E-state index in [9.17, 15) is 4.79 Å². The molecule has 0 aliphatic carbocycles. The van der Waals surface area contributed by atoms with Gasteiger partial charge in [-0.1, -0.05) is 82.9 Å². The fourth-order valence-electron chi connectivity index (χ4n) is 4.06. The molecule has 1 aromatic carbocycles. The molecule has 0 saturated carbocycles. The Kier molecular flexibility index (Phi) is 14.5. The molecular formula is C27H45N3O3. The number of benzene rings is 1. The summed E-state index contributed by atoms with van der Waals surface area (Å²) in [7, 11) is 0. The number of carbonyl (C=O) groups is 1. The number of carbonyl (C=O) groups excluding carboxylic acids is 1. The lowest BCUT2D eigenvalue weighted by Crippen LogP contribution is -2.31. The van der Waals surface area contributed by atoms with E-state index in [1.54, 1.807) is 12.1 Å². The normalized spacial score (nSPS) is 15.2. The number of esters is 1. The summed E-state index contributed by atoms with van der Waals surface area (Å²) in [4.78, 5) is 12.9. The van der Waals surface area contributed by atoms with Gasteiger partial charge >= 0.3 is 5.97 Å². The van der Waals surface area contributed by atoms with Crippen LogP contribution in [0.25, 0.3) is 0 Å². The van der Waals surface area contributed by atoms with Crippen molar-refractivity contribution in [3.63, 3.8) is 0 Å². The Morgan fingerprint density at radius 2 is 1.55 bits per heavy atom.